The first-order chi connectivity index (χ1) is 6.63. The number of esters is 1. The standard InChI is InChI=1S/C11H15NO2/c1-8-3-5-9(6-4-8)10(12)7-11(13)14-2/h3-6,10H,7,12H2,1-2H3/t10-/m1/s1. The Labute approximate surface area is 83.9 Å². The maximum absolute atomic E-state index is 11.0. The van der Waals surface area contributed by atoms with Crippen LogP contribution in [0.5, 0.6) is 0 Å². The number of carbonyl (C=O) groups is 1. The Kier molecular flexibility index (Phi) is 3.65. The highest BCUT2D eigenvalue weighted by Crippen LogP contribution is 2.14. The normalized spacial score (nSPS) is 12.2. The third kappa shape index (κ3) is 2.85. The Morgan fingerprint density at radius 1 is 1.43 bits per heavy atom. The number of hydrogen-bond donors (Lipinski definition) is 1. The minimum atomic E-state index is -0.280. The molecule has 1 rings (SSSR count). The van der Waals surface area contributed by atoms with Crippen molar-refractivity contribution < 1.29 is 9.53 Å². The Balaban J connectivity index is 2.65. The summed E-state index contributed by atoms with van der Waals surface area (Å²) in [5.41, 5.74) is 7.96. The average molecular weight is 193 g/mol. The van der Waals surface area contributed by atoms with Gasteiger partial charge in [-0.25, -0.2) is 0 Å². The van der Waals surface area contributed by atoms with Crippen LogP contribution >= 0.6 is 0 Å². The van der Waals surface area contributed by atoms with Crippen molar-refractivity contribution in [1.82, 2.24) is 0 Å². The molecule has 0 saturated carbocycles. The van der Waals surface area contributed by atoms with Crippen molar-refractivity contribution in [2.75, 3.05) is 7.11 Å². The van der Waals surface area contributed by atoms with Gasteiger partial charge in [0.15, 0.2) is 0 Å². The van der Waals surface area contributed by atoms with E-state index in [4.69, 9.17) is 5.73 Å². The minimum absolute atomic E-state index is 0.222. The molecular weight excluding hydrogens is 178 g/mol. The van der Waals surface area contributed by atoms with Crippen LogP contribution in [0.2, 0.25) is 0 Å². The number of carbonyl (C=O) groups excluding carboxylic acids is 1. The zero-order chi connectivity index (χ0) is 10.6. The largest absolute Gasteiger partial charge is 0.469 e. The molecule has 0 fully saturated rings. The Bertz CT molecular complexity index is 306. The molecule has 14 heavy (non-hydrogen) atoms. The summed E-state index contributed by atoms with van der Waals surface area (Å²) in [5, 5.41) is 0. The van der Waals surface area contributed by atoms with Crippen molar-refractivity contribution in [3.8, 4) is 0 Å². The molecule has 0 amide bonds. The van der Waals surface area contributed by atoms with Crippen LogP contribution in [-0.4, -0.2) is 13.1 Å². The molecular formula is C11H15NO2. The minimum Gasteiger partial charge on any atom is -0.469 e. The van der Waals surface area contributed by atoms with Gasteiger partial charge < -0.3 is 10.5 Å². The number of benzene rings is 1. The number of methoxy groups -OCH3 is 1. The van der Waals surface area contributed by atoms with E-state index in [1.807, 2.05) is 31.2 Å². The van der Waals surface area contributed by atoms with Gasteiger partial charge in [0.25, 0.3) is 0 Å². The van der Waals surface area contributed by atoms with E-state index in [-0.39, 0.29) is 18.4 Å². The second kappa shape index (κ2) is 4.77. The van der Waals surface area contributed by atoms with Crippen molar-refractivity contribution in [3.63, 3.8) is 0 Å². The second-order valence-corrected chi connectivity index (χ2v) is 3.30. The zero-order valence-electron chi connectivity index (χ0n) is 8.49. The first-order valence-electron chi connectivity index (χ1n) is 4.52. The van der Waals surface area contributed by atoms with Crippen molar-refractivity contribution in [3.05, 3.63) is 35.4 Å². The van der Waals surface area contributed by atoms with Gasteiger partial charge in [-0.3, -0.25) is 4.79 Å². The number of hydrogen-bond acceptors (Lipinski definition) is 3. The lowest BCUT2D eigenvalue weighted by Gasteiger charge is -2.10. The molecule has 0 saturated heterocycles. The smallest absolute Gasteiger partial charge is 0.307 e. The molecule has 2 N–H and O–H groups in total. The Hall–Kier alpha value is -1.35. The highest BCUT2D eigenvalue weighted by molar-refractivity contribution is 5.70. The molecule has 0 radical (unpaired) electrons. The highest BCUT2D eigenvalue weighted by atomic mass is 16.5. The van der Waals surface area contributed by atoms with Crippen LogP contribution in [0.3, 0.4) is 0 Å². The number of ether oxygens (including phenoxy) is 1. The monoisotopic (exact) mass is 193 g/mol. The third-order valence-electron chi connectivity index (χ3n) is 2.12. The first-order valence-corrected chi connectivity index (χ1v) is 4.52. The van der Waals surface area contributed by atoms with E-state index in [1.54, 1.807) is 0 Å². The fourth-order valence-electron chi connectivity index (χ4n) is 1.19. The molecule has 0 spiro atoms. The van der Waals surface area contributed by atoms with Gasteiger partial charge in [-0.2, -0.15) is 0 Å². The van der Waals surface area contributed by atoms with Gasteiger partial charge in [-0.1, -0.05) is 29.8 Å². The summed E-state index contributed by atoms with van der Waals surface area (Å²) in [6.07, 6.45) is 0.222. The molecule has 0 aliphatic carbocycles. The third-order valence-corrected chi connectivity index (χ3v) is 2.12. The van der Waals surface area contributed by atoms with Crippen LogP contribution < -0.4 is 5.73 Å². The molecule has 0 aromatic heterocycles. The van der Waals surface area contributed by atoms with Gasteiger partial charge in [-0.05, 0) is 12.5 Å². The molecule has 76 valence electrons. The lowest BCUT2D eigenvalue weighted by atomic mass is 10.0. The molecule has 0 unspecified atom stereocenters. The van der Waals surface area contributed by atoms with E-state index >= 15 is 0 Å². The van der Waals surface area contributed by atoms with Gasteiger partial charge >= 0.3 is 5.97 Å². The SMILES string of the molecule is COC(=O)C[C@@H](N)c1ccc(C)cc1. The maximum Gasteiger partial charge on any atom is 0.307 e. The van der Waals surface area contributed by atoms with E-state index in [2.05, 4.69) is 4.74 Å². The van der Waals surface area contributed by atoms with Crippen LogP contribution in [0.25, 0.3) is 0 Å². The first kappa shape index (κ1) is 10.7. The van der Waals surface area contributed by atoms with Crippen molar-refractivity contribution in [1.29, 1.82) is 0 Å². The summed E-state index contributed by atoms with van der Waals surface area (Å²) < 4.78 is 4.55. The number of nitrogens with two attached hydrogens (primary N) is 1. The van der Waals surface area contributed by atoms with Gasteiger partial charge in [0, 0.05) is 6.04 Å². The average Bonchev–Trinajstić information content (AvgIpc) is 2.18. The van der Waals surface area contributed by atoms with Gasteiger partial charge in [-0.15, -0.1) is 0 Å². The molecule has 1 aromatic carbocycles. The molecule has 3 nitrogen and oxygen atoms in total. The quantitative estimate of drug-likeness (QED) is 0.741. The van der Waals surface area contributed by atoms with E-state index in [0.717, 1.165) is 5.56 Å². The van der Waals surface area contributed by atoms with E-state index in [1.165, 1.54) is 12.7 Å². The molecule has 0 aliphatic heterocycles. The lowest BCUT2D eigenvalue weighted by molar-refractivity contribution is -0.141. The van der Waals surface area contributed by atoms with E-state index in [0.29, 0.717) is 0 Å². The van der Waals surface area contributed by atoms with Crippen LogP contribution in [-0.2, 0) is 9.53 Å². The maximum atomic E-state index is 11.0. The molecule has 1 aromatic rings. The van der Waals surface area contributed by atoms with Crippen LogP contribution in [0.4, 0.5) is 0 Å². The van der Waals surface area contributed by atoms with Gasteiger partial charge in [0.05, 0.1) is 13.5 Å². The predicted molar refractivity (Wildman–Crippen MR) is 54.7 cm³/mol. The molecule has 1 atom stereocenters. The summed E-state index contributed by atoms with van der Waals surface area (Å²) >= 11 is 0. The fourth-order valence-corrected chi connectivity index (χ4v) is 1.19. The fraction of sp³-hybridized carbons (Fsp3) is 0.364. The van der Waals surface area contributed by atoms with Crippen molar-refractivity contribution >= 4 is 5.97 Å². The summed E-state index contributed by atoms with van der Waals surface area (Å²) in [6.45, 7) is 2.01. The molecule has 0 bridgehead atoms. The van der Waals surface area contributed by atoms with Crippen molar-refractivity contribution in [2.45, 2.75) is 19.4 Å². The molecule has 0 heterocycles. The van der Waals surface area contributed by atoms with Gasteiger partial charge in [0.1, 0.15) is 0 Å². The van der Waals surface area contributed by atoms with Crippen molar-refractivity contribution in [2.24, 2.45) is 5.73 Å². The predicted octanol–water partition coefficient (Wildman–Crippen LogP) is 1.56. The molecule has 3 heteroatoms. The summed E-state index contributed by atoms with van der Waals surface area (Å²) in [7, 11) is 1.37. The van der Waals surface area contributed by atoms with Gasteiger partial charge in [0.2, 0.25) is 0 Å². The molecule has 0 aliphatic rings. The summed E-state index contributed by atoms with van der Waals surface area (Å²) in [4.78, 5) is 11.0. The number of rotatable bonds is 3. The van der Waals surface area contributed by atoms with Crippen LogP contribution in [0.1, 0.15) is 23.6 Å². The summed E-state index contributed by atoms with van der Waals surface area (Å²) in [6, 6.07) is 7.55. The number of aryl methyl sites for hydroxylation is 1. The van der Waals surface area contributed by atoms with Crippen LogP contribution in [0.15, 0.2) is 24.3 Å². The van der Waals surface area contributed by atoms with Crippen LogP contribution in [0, 0.1) is 6.92 Å². The lowest BCUT2D eigenvalue weighted by Crippen LogP contribution is -2.16. The second-order valence-electron chi connectivity index (χ2n) is 3.30. The Morgan fingerprint density at radius 2 is 2.00 bits per heavy atom. The highest BCUT2D eigenvalue weighted by Gasteiger charge is 2.10. The zero-order valence-corrected chi connectivity index (χ0v) is 8.49. The Morgan fingerprint density at radius 3 is 2.50 bits per heavy atom. The topological polar surface area (TPSA) is 52.3 Å². The van der Waals surface area contributed by atoms with E-state index < -0.39 is 0 Å². The summed E-state index contributed by atoms with van der Waals surface area (Å²) in [5.74, 6) is -0.280. The van der Waals surface area contributed by atoms with E-state index in [9.17, 15) is 4.79 Å².